The summed E-state index contributed by atoms with van der Waals surface area (Å²) < 4.78 is 0. The van der Waals surface area contributed by atoms with Crippen LogP contribution in [0.25, 0.3) is 0 Å². The summed E-state index contributed by atoms with van der Waals surface area (Å²) in [5.74, 6) is -0.181. The molecular weight excluding hydrogens is 510 g/mol. The Morgan fingerprint density at radius 3 is 1.41 bits per heavy atom. The molecule has 0 saturated heterocycles. The van der Waals surface area contributed by atoms with Gasteiger partial charge in [0.1, 0.15) is 6.10 Å². The summed E-state index contributed by atoms with van der Waals surface area (Å²) in [6.45, 7) is 4.12. The molecule has 0 aromatic carbocycles. The van der Waals surface area contributed by atoms with Crippen LogP contribution in [0.3, 0.4) is 0 Å². The Labute approximate surface area is 255 Å². The molecule has 0 aliphatic rings. The Morgan fingerprint density at radius 2 is 0.976 bits per heavy atom. The van der Waals surface area contributed by atoms with Crippen LogP contribution in [-0.4, -0.2) is 46.1 Å². The second-order valence-corrected chi connectivity index (χ2v) is 12.4. The van der Waals surface area contributed by atoms with E-state index in [1.165, 1.54) is 122 Å². The summed E-state index contributed by atoms with van der Waals surface area (Å²) in [6, 6.07) is -0.817. The van der Waals surface area contributed by atoms with Crippen LogP contribution in [-0.2, 0) is 4.79 Å². The standard InChI is InChI=1S/C36H71NO4/c1-3-5-7-9-11-13-14-15-16-17-18-19-20-21-23-24-26-28-30-34(39)36(41)33(32-38)37-35(40)31-29-27-25-22-12-10-8-6-4-2/h22,25,33-34,36,38-39,41H,3-21,23-24,26-32H2,1-2H3,(H,37,40)/b25-22-. The molecule has 0 aromatic heterocycles. The minimum Gasteiger partial charge on any atom is -0.394 e. The molecule has 5 nitrogen and oxygen atoms in total. The van der Waals surface area contributed by atoms with Gasteiger partial charge in [-0.3, -0.25) is 4.79 Å². The minimum atomic E-state index is -1.14. The molecule has 0 rings (SSSR count). The maximum atomic E-state index is 12.2. The van der Waals surface area contributed by atoms with Gasteiger partial charge >= 0.3 is 0 Å². The summed E-state index contributed by atoms with van der Waals surface area (Å²) >= 11 is 0. The zero-order valence-corrected chi connectivity index (χ0v) is 27.4. The highest BCUT2D eigenvalue weighted by Gasteiger charge is 2.26. The predicted octanol–water partition coefficient (Wildman–Crippen LogP) is 9.31. The summed E-state index contributed by atoms with van der Waals surface area (Å²) in [7, 11) is 0. The first-order valence-electron chi connectivity index (χ1n) is 18.0. The minimum absolute atomic E-state index is 0.181. The number of allylic oxidation sites excluding steroid dienone is 2. The highest BCUT2D eigenvalue weighted by Crippen LogP contribution is 2.16. The number of aliphatic hydroxyl groups is 3. The van der Waals surface area contributed by atoms with Crippen molar-refractivity contribution in [3.8, 4) is 0 Å². The highest BCUT2D eigenvalue weighted by molar-refractivity contribution is 5.76. The topological polar surface area (TPSA) is 89.8 Å². The lowest BCUT2D eigenvalue weighted by molar-refractivity contribution is -0.124. The van der Waals surface area contributed by atoms with Crippen LogP contribution in [0.1, 0.15) is 187 Å². The number of hydrogen-bond acceptors (Lipinski definition) is 4. The average molecular weight is 582 g/mol. The lowest BCUT2D eigenvalue weighted by Crippen LogP contribution is -2.50. The van der Waals surface area contributed by atoms with Gasteiger partial charge in [0.15, 0.2) is 0 Å². The van der Waals surface area contributed by atoms with E-state index in [4.69, 9.17) is 0 Å². The summed E-state index contributed by atoms with van der Waals surface area (Å²) in [6.07, 6.45) is 34.6. The van der Waals surface area contributed by atoms with Crippen LogP contribution in [0.5, 0.6) is 0 Å². The van der Waals surface area contributed by atoms with Crippen molar-refractivity contribution < 1.29 is 20.1 Å². The predicted molar refractivity (Wildman–Crippen MR) is 176 cm³/mol. The second kappa shape index (κ2) is 32.0. The number of aliphatic hydroxyl groups excluding tert-OH is 3. The zero-order chi connectivity index (χ0) is 30.2. The van der Waals surface area contributed by atoms with Crippen molar-refractivity contribution in [2.45, 2.75) is 205 Å². The molecule has 0 saturated carbocycles. The molecule has 3 unspecified atom stereocenters. The van der Waals surface area contributed by atoms with E-state index in [2.05, 4.69) is 31.3 Å². The molecule has 0 heterocycles. The molecule has 41 heavy (non-hydrogen) atoms. The Morgan fingerprint density at radius 1 is 0.585 bits per heavy atom. The molecule has 5 heteroatoms. The van der Waals surface area contributed by atoms with Crippen LogP contribution in [0.2, 0.25) is 0 Å². The van der Waals surface area contributed by atoms with Crippen LogP contribution in [0.15, 0.2) is 12.2 Å². The van der Waals surface area contributed by atoms with E-state index in [1.807, 2.05) is 0 Å². The number of carbonyl (C=O) groups is 1. The van der Waals surface area contributed by atoms with Crippen molar-refractivity contribution in [3.05, 3.63) is 12.2 Å². The van der Waals surface area contributed by atoms with Gasteiger partial charge in [0.2, 0.25) is 5.91 Å². The number of unbranched alkanes of at least 4 members (excludes halogenated alkanes) is 22. The molecule has 0 aliphatic heterocycles. The Bertz CT molecular complexity index is 568. The maximum absolute atomic E-state index is 12.2. The van der Waals surface area contributed by atoms with E-state index in [1.54, 1.807) is 0 Å². The molecule has 0 spiro atoms. The van der Waals surface area contributed by atoms with E-state index in [-0.39, 0.29) is 12.5 Å². The van der Waals surface area contributed by atoms with Gasteiger partial charge in [0.05, 0.1) is 18.8 Å². The van der Waals surface area contributed by atoms with Crippen molar-refractivity contribution in [1.82, 2.24) is 5.32 Å². The molecule has 0 radical (unpaired) electrons. The maximum Gasteiger partial charge on any atom is 0.220 e. The number of amides is 1. The van der Waals surface area contributed by atoms with Crippen molar-refractivity contribution in [3.63, 3.8) is 0 Å². The van der Waals surface area contributed by atoms with Gasteiger partial charge in [-0.05, 0) is 32.1 Å². The molecule has 0 fully saturated rings. The Balaban J connectivity index is 3.66. The van der Waals surface area contributed by atoms with E-state index < -0.39 is 18.2 Å². The first kappa shape index (κ1) is 40.1. The van der Waals surface area contributed by atoms with E-state index in [0.29, 0.717) is 12.8 Å². The lowest BCUT2D eigenvalue weighted by atomic mass is 9.99. The van der Waals surface area contributed by atoms with Crippen LogP contribution in [0.4, 0.5) is 0 Å². The van der Waals surface area contributed by atoms with Crippen LogP contribution >= 0.6 is 0 Å². The fraction of sp³-hybridized carbons (Fsp3) is 0.917. The van der Waals surface area contributed by atoms with Gasteiger partial charge in [-0.15, -0.1) is 0 Å². The summed E-state index contributed by atoms with van der Waals surface area (Å²) in [5, 5.41) is 33.2. The van der Waals surface area contributed by atoms with Gasteiger partial charge in [0, 0.05) is 6.42 Å². The van der Waals surface area contributed by atoms with E-state index in [9.17, 15) is 20.1 Å². The molecule has 3 atom stereocenters. The quantitative estimate of drug-likeness (QED) is 0.0471. The normalized spacial score (nSPS) is 14.0. The molecule has 0 aliphatic carbocycles. The first-order chi connectivity index (χ1) is 20.1. The molecule has 4 N–H and O–H groups in total. The van der Waals surface area contributed by atoms with Crippen LogP contribution in [0, 0.1) is 0 Å². The average Bonchev–Trinajstić information content (AvgIpc) is 2.97. The highest BCUT2D eigenvalue weighted by atomic mass is 16.3. The third-order valence-corrected chi connectivity index (χ3v) is 8.37. The SMILES string of the molecule is CCCCCC/C=C\CCCC(=O)NC(CO)C(O)C(O)CCCCCCCCCCCCCCCCCCCC. The van der Waals surface area contributed by atoms with E-state index >= 15 is 0 Å². The molecular formula is C36H71NO4. The van der Waals surface area contributed by atoms with Gasteiger partial charge in [-0.25, -0.2) is 0 Å². The molecule has 0 aromatic rings. The number of rotatable bonds is 32. The van der Waals surface area contributed by atoms with Crippen molar-refractivity contribution in [1.29, 1.82) is 0 Å². The number of hydrogen-bond donors (Lipinski definition) is 4. The molecule has 1 amide bonds. The van der Waals surface area contributed by atoms with Crippen molar-refractivity contribution in [2.24, 2.45) is 0 Å². The third kappa shape index (κ3) is 27.7. The van der Waals surface area contributed by atoms with E-state index in [0.717, 1.165) is 38.5 Å². The fourth-order valence-corrected chi connectivity index (χ4v) is 5.52. The smallest absolute Gasteiger partial charge is 0.220 e. The molecule has 0 bridgehead atoms. The van der Waals surface area contributed by atoms with Crippen molar-refractivity contribution in [2.75, 3.05) is 6.61 Å². The monoisotopic (exact) mass is 582 g/mol. The third-order valence-electron chi connectivity index (χ3n) is 8.37. The molecule has 244 valence electrons. The zero-order valence-electron chi connectivity index (χ0n) is 27.4. The van der Waals surface area contributed by atoms with Gasteiger partial charge in [0.25, 0.3) is 0 Å². The number of nitrogens with one attached hydrogen (secondary N) is 1. The largest absolute Gasteiger partial charge is 0.394 e. The first-order valence-corrected chi connectivity index (χ1v) is 18.0. The van der Waals surface area contributed by atoms with Gasteiger partial charge in [-0.2, -0.15) is 0 Å². The van der Waals surface area contributed by atoms with Crippen molar-refractivity contribution >= 4 is 5.91 Å². The fourth-order valence-electron chi connectivity index (χ4n) is 5.52. The lowest BCUT2D eigenvalue weighted by Gasteiger charge is -2.26. The van der Waals surface area contributed by atoms with Gasteiger partial charge < -0.3 is 20.6 Å². The van der Waals surface area contributed by atoms with Gasteiger partial charge in [-0.1, -0.05) is 161 Å². The second-order valence-electron chi connectivity index (χ2n) is 12.4. The summed E-state index contributed by atoms with van der Waals surface area (Å²) in [5.41, 5.74) is 0. The van der Waals surface area contributed by atoms with Crippen LogP contribution < -0.4 is 5.32 Å². The Hall–Kier alpha value is -0.910. The summed E-state index contributed by atoms with van der Waals surface area (Å²) in [4.78, 5) is 12.2. The Kier molecular flexibility index (Phi) is 31.3. The number of carbonyl (C=O) groups excluding carboxylic acids is 1.